The Morgan fingerprint density at radius 2 is 0.414 bits per heavy atom. The van der Waals surface area contributed by atoms with Gasteiger partial charge in [-0.3, -0.25) is 0 Å². The van der Waals surface area contributed by atoms with Crippen molar-refractivity contribution in [3.63, 3.8) is 0 Å². The number of rotatable bonds is 0. The summed E-state index contributed by atoms with van der Waals surface area (Å²) in [6, 6.07) is 0. The van der Waals surface area contributed by atoms with Gasteiger partial charge in [0, 0.05) is 0 Å². The first-order valence-electron chi connectivity index (χ1n) is 14.0. The van der Waals surface area contributed by atoms with E-state index in [-0.39, 0.29) is 0 Å². The molecule has 0 aromatic heterocycles. The van der Waals surface area contributed by atoms with Crippen molar-refractivity contribution in [2.75, 3.05) is 0 Å². The predicted molar refractivity (Wildman–Crippen MR) is 134 cm³/mol. The smallest absolute Gasteiger partial charge is 0.0443 e. The lowest BCUT2D eigenvalue weighted by Gasteiger charge is -2.18. The quantitative estimate of drug-likeness (QED) is 0.375. The van der Waals surface area contributed by atoms with Gasteiger partial charge < -0.3 is 0 Å². The third-order valence-electron chi connectivity index (χ3n) is 7.97. The van der Waals surface area contributed by atoms with Gasteiger partial charge in [-0.25, -0.2) is 0 Å². The molecule has 0 unspecified atom stereocenters. The van der Waals surface area contributed by atoms with Gasteiger partial charge in [-0.05, 0) is 29.6 Å². The largest absolute Gasteiger partial charge is 0.0625 e. The van der Waals surface area contributed by atoms with E-state index in [0.29, 0.717) is 0 Å². The second-order valence-corrected chi connectivity index (χ2v) is 11.6. The predicted octanol–water partition coefficient (Wildman–Crippen LogP) is 10.6. The van der Waals surface area contributed by atoms with Gasteiger partial charge in [-0.2, -0.15) is 0 Å². The molecule has 3 rings (SSSR count). The van der Waals surface area contributed by atoms with Crippen molar-refractivity contribution < 1.29 is 0 Å². The van der Waals surface area contributed by atoms with E-state index in [1.165, 1.54) is 122 Å². The van der Waals surface area contributed by atoms with E-state index >= 15 is 0 Å². The first kappa shape index (κ1) is 27.0. The van der Waals surface area contributed by atoms with Gasteiger partial charge in [0.25, 0.3) is 0 Å². The summed E-state index contributed by atoms with van der Waals surface area (Å²) in [5, 5.41) is 0. The average molecular weight is 407 g/mol. The maximum absolute atomic E-state index is 2.40. The van der Waals surface area contributed by atoms with Crippen LogP contribution >= 0.6 is 0 Å². The molecule has 0 saturated heterocycles. The molecular weight excluding hydrogens is 348 g/mol. The standard InChI is InChI=1S/2C10H20.C9H18/c2*1-9-5-3-7-10(2)8-4-6-9;1-9-7-5-3-2-4-6-8-9/h2*9-10H,3-8H2,1-2H3;9H,2-8H2,1H3. The minimum Gasteiger partial charge on any atom is -0.0625 e. The lowest BCUT2D eigenvalue weighted by Crippen LogP contribution is -2.04. The zero-order chi connectivity index (χ0) is 21.3. The molecule has 0 spiro atoms. The van der Waals surface area contributed by atoms with Crippen LogP contribution < -0.4 is 0 Å². The summed E-state index contributed by atoms with van der Waals surface area (Å²) in [5.74, 6) is 5.05. The van der Waals surface area contributed by atoms with Crippen molar-refractivity contribution in [1.82, 2.24) is 0 Å². The molecule has 0 nitrogen and oxygen atoms in total. The van der Waals surface area contributed by atoms with Crippen LogP contribution in [-0.2, 0) is 0 Å². The van der Waals surface area contributed by atoms with Gasteiger partial charge in [0.2, 0.25) is 0 Å². The molecule has 0 aliphatic heterocycles. The topological polar surface area (TPSA) is 0 Å². The van der Waals surface area contributed by atoms with E-state index in [9.17, 15) is 0 Å². The summed E-state index contributed by atoms with van der Waals surface area (Å²) in [5.41, 5.74) is 0. The molecule has 3 saturated carbocycles. The maximum Gasteiger partial charge on any atom is -0.0443 e. The molecule has 3 fully saturated rings. The Bertz CT molecular complexity index is 274. The molecule has 0 amide bonds. The number of hydrogen-bond donors (Lipinski definition) is 0. The summed E-state index contributed by atoms with van der Waals surface area (Å²) in [6.07, 6.45) is 28.1. The normalized spacial score (nSPS) is 33.0. The zero-order valence-electron chi connectivity index (χ0n) is 21.3. The molecule has 0 heteroatoms. The van der Waals surface area contributed by atoms with Gasteiger partial charge in [-0.1, -0.05) is 157 Å². The fourth-order valence-electron chi connectivity index (χ4n) is 5.50. The fraction of sp³-hybridized carbons (Fsp3) is 1.00. The van der Waals surface area contributed by atoms with E-state index in [1.54, 1.807) is 0 Å². The van der Waals surface area contributed by atoms with Crippen LogP contribution in [0.2, 0.25) is 0 Å². The van der Waals surface area contributed by atoms with Gasteiger partial charge >= 0.3 is 0 Å². The highest BCUT2D eigenvalue weighted by atomic mass is 14.2. The summed E-state index contributed by atoms with van der Waals surface area (Å²) in [6.45, 7) is 12.0. The Hall–Kier alpha value is 0. The van der Waals surface area contributed by atoms with E-state index in [2.05, 4.69) is 34.6 Å². The van der Waals surface area contributed by atoms with E-state index in [4.69, 9.17) is 0 Å². The SMILES string of the molecule is CC1CCCC(C)CCC1.CC1CCCC(C)CCC1.CC1CCCCCCC1. The summed E-state index contributed by atoms with van der Waals surface area (Å²) in [4.78, 5) is 0. The molecule has 3 aliphatic rings. The van der Waals surface area contributed by atoms with Crippen molar-refractivity contribution in [1.29, 1.82) is 0 Å². The fourth-order valence-corrected chi connectivity index (χ4v) is 5.50. The molecule has 0 aromatic rings. The van der Waals surface area contributed by atoms with E-state index in [1.807, 2.05) is 0 Å². The van der Waals surface area contributed by atoms with Crippen LogP contribution in [0.5, 0.6) is 0 Å². The van der Waals surface area contributed by atoms with Crippen LogP contribution in [0.3, 0.4) is 0 Å². The Morgan fingerprint density at radius 3 is 0.655 bits per heavy atom. The second kappa shape index (κ2) is 17.7. The Kier molecular flexibility index (Phi) is 16.5. The van der Waals surface area contributed by atoms with Crippen LogP contribution in [0, 0.1) is 29.6 Å². The highest BCUT2D eigenvalue weighted by molar-refractivity contribution is 4.64. The van der Waals surface area contributed by atoms with Gasteiger partial charge in [0.1, 0.15) is 0 Å². The van der Waals surface area contributed by atoms with Gasteiger partial charge in [-0.15, -0.1) is 0 Å². The molecule has 0 N–H and O–H groups in total. The van der Waals surface area contributed by atoms with Crippen molar-refractivity contribution in [2.45, 2.75) is 157 Å². The maximum atomic E-state index is 2.40. The highest BCUT2D eigenvalue weighted by Crippen LogP contribution is 2.26. The monoisotopic (exact) mass is 406 g/mol. The molecule has 3 aliphatic carbocycles. The lowest BCUT2D eigenvalue weighted by atomic mass is 9.88. The third-order valence-corrected chi connectivity index (χ3v) is 7.97. The third kappa shape index (κ3) is 16.4. The average Bonchev–Trinajstić information content (AvgIpc) is 2.63. The molecule has 0 bridgehead atoms. The summed E-state index contributed by atoms with van der Waals surface area (Å²) >= 11 is 0. The van der Waals surface area contributed by atoms with Crippen LogP contribution in [0.15, 0.2) is 0 Å². The highest BCUT2D eigenvalue weighted by Gasteiger charge is 2.10. The second-order valence-electron chi connectivity index (χ2n) is 11.6. The van der Waals surface area contributed by atoms with Gasteiger partial charge in [0.15, 0.2) is 0 Å². The van der Waals surface area contributed by atoms with E-state index < -0.39 is 0 Å². The molecule has 0 atom stereocenters. The lowest BCUT2D eigenvalue weighted by molar-refractivity contribution is 0.346. The first-order valence-corrected chi connectivity index (χ1v) is 14.0. The van der Waals surface area contributed by atoms with Crippen LogP contribution in [0.4, 0.5) is 0 Å². The minimum absolute atomic E-state index is 1.01. The van der Waals surface area contributed by atoms with Crippen LogP contribution in [0.25, 0.3) is 0 Å². The minimum atomic E-state index is 1.01. The molecular formula is C29H58. The first-order chi connectivity index (χ1) is 14.0. The van der Waals surface area contributed by atoms with Crippen molar-refractivity contribution in [3.8, 4) is 0 Å². The number of hydrogen-bond acceptors (Lipinski definition) is 0. The molecule has 0 heterocycles. The molecule has 29 heavy (non-hydrogen) atoms. The van der Waals surface area contributed by atoms with Gasteiger partial charge in [0.05, 0.1) is 0 Å². The van der Waals surface area contributed by atoms with Crippen LogP contribution in [0.1, 0.15) is 157 Å². The van der Waals surface area contributed by atoms with E-state index in [0.717, 1.165) is 29.6 Å². The van der Waals surface area contributed by atoms with Crippen LogP contribution in [-0.4, -0.2) is 0 Å². The van der Waals surface area contributed by atoms with Crippen molar-refractivity contribution >= 4 is 0 Å². The molecule has 0 aromatic carbocycles. The summed E-state index contributed by atoms with van der Waals surface area (Å²) in [7, 11) is 0. The molecule has 174 valence electrons. The van der Waals surface area contributed by atoms with Crippen molar-refractivity contribution in [3.05, 3.63) is 0 Å². The van der Waals surface area contributed by atoms with Crippen molar-refractivity contribution in [2.24, 2.45) is 29.6 Å². The Morgan fingerprint density at radius 1 is 0.241 bits per heavy atom. The molecule has 0 radical (unpaired) electrons. The zero-order valence-corrected chi connectivity index (χ0v) is 21.3. The Balaban J connectivity index is 0.000000218. The Labute approximate surface area is 186 Å². The summed E-state index contributed by atoms with van der Waals surface area (Å²) < 4.78 is 0.